The molecule has 2 N–H and O–H groups in total. The molecule has 1 amide bonds. The van der Waals surface area contributed by atoms with Crippen LogP contribution >= 0.6 is 0 Å². The van der Waals surface area contributed by atoms with E-state index >= 15 is 0 Å². The summed E-state index contributed by atoms with van der Waals surface area (Å²) in [6.07, 6.45) is 11.5. The van der Waals surface area contributed by atoms with Crippen molar-refractivity contribution in [3.05, 3.63) is 0 Å². The standard InChI is InChI=1S/C12H21NO/c13-11(14)9-10-3-7-12(8-4-10)5-1-2-6-12/h10H,1-9H2,(H2,13,14). The summed E-state index contributed by atoms with van der Waals surface area (Å²) in [5, 5.41) is 0. The third kappa shape index (κ3) is 2.10. The van der Waals surface area contributed by atoms with Gasteiger partial charge in [0.1, 0.15) is 0 Å². The average molecular weight is 195 g/mol. The van der Waals surface area contributed by atoms with E-state index in [1.807, 2.05) is 0 Å². The average Bonchev–Trinajstić information content (AvgIpc) is 2.58. The maximum Gasteiger partial charge on any atom is 0.217 e. The van der Waals surface area contributed by atoms with Crippen molar-refractivity contribution >= 4 is 5.91 Å². The molecule has 0 saturated heterocycles. The van der Waals surface area contributed by atoms with Gasteiger partial charge in [-0.3, -0.25) is 4.79 Å². The quantitative estimate of drug-likeness (QED) is 0.723. The van der Waals surface area contributed by atoms with E-state index in [1.165, 1.54) is 51.4 Å². The van der Waals surface area contributed by atoms with Crippen molar-refractivity contribution in [2.45, 2.75) is 57.8 Å². The van der Waals surface area contributed by atoms with Crippen molar-refractivity contribution in [3.8, 4) is 0 Å². The Morgan fingerprint density at radius 2 is 1.71 bits per heavy atom. The molecule has 0 aromatic heterocycles. The predicted octanol–water partition coefficient (Wildman–Crippen LogP) is 2.61. The lowest BCUT2D eigenvalue weighted by Gasteiger charge is -2.36. The van der Waals surface area contributed by atoms with Crippen LogP contribution in [0.5, 0.6) is 0 Å². The first-order valence-corrected chi connectivity index (χ1v) is 5.99. The highest BCUT2D eigenvalue weighted by molar-refractivity contribution is 5.73. The Kier molecular flexibility index (Phi) is 2.80. The smallest absolute Gasteiger partial charge is 0.217 e. The minimum absolute atomic E-state index is 0.114. The first-order chi connectivity index (χ1) is 6.70. The first kappa shape index (κ1) is 10.0. The molecule has 0 aliphatic heterocycles. The van der Waals surface area contributed by atoms with Crippen LogP contribution in [0, 0.1) is 11.3 Å². The highest BCUT2D eigenvalue weighted by atomic mass is 16.1. The molecular weight excluding hydrogens is 174 g/mol. The monoisotopic (exact) mass is 195 g/mol. The van der Waals surface area contributed by atoms with Crippen molar-refractivity contribution in [1.29, 1.82) is 0 Å². The fraction of sp³-hybridized carbons (Fsp3) is 0.917. The molecule has 0 heterocycles. The van der Waals surface area contributed by atoms with Crippen molar-refractivity contribution in [2.24, 2.45) is 17.1 Å². The molecule has 2 saturated carbocycles. The Bertz CT molecular complexity index is 208. The van der Waals surface area contributed by atoms with Gasteiger partial charge in [-0.1, -0.05) is 12.8 Å². The number of amides is 1. The largest absolute Gasteiger partial charge is 0.370 e. The lowest BCUT2D eigenvalue weighted by molar-refractivity contribution is -0.119. The zero-order valence-corrected chi connectivity index (χ0v) is 8.93. The van der Waals surface area contributed by atoms with E-state index in [0.717, 1.165) is 0 Å². The van der Waals surface area contributed by atoms with Crippen LogP contribution < -0.4 is 5.73 Å². The summed E-state index contributed by atoms with van der Waals surface area (Å²) in [6, 6.07) is 0. The van der Waals surface area contributed by atoms with Crippen molar-refractivity contribution in [2.75, 3.05) is 0 Å². The Hall–Kier alpha value is -0.530. The zero-order valence-electron chi connectivity index (χ0n) is 8.93. The molecule has 80 valence electrons. The van der Waals surface area contributed by atoms with Gasteiger partial charge in [-0.15, -0.1) is 0 Å². The summed E-state index contributed by atoms with van der Waals surface area (Å²) in [5.41, 5.74) is 5.92. The topological polar surface area (TPSA) is 43.1 Å². The maximum atomic E-state index is 10.8. The number of nitrogens with two attached hydrogens (primary N) is 1. The summed E-state index contributed by atoms with van der Waals surface area (Å²) in [4.78, 5) is 10.8. The maximum absolute atomic E-state index is 10.8. The Morgan fingerprint density at radius 3 is 2.21 bits per heavy atom. The SMILES string of the molecule is NC(=O)CC1CCC2(CCCC2)CC1. The van der Waals surface area contributed by atoms with Gasteiger partial charge in [-0.05, 0) is 49.9 Å². The number of carbonyl (C=O) groups is 1. The van der Waals surface area contributed by atoms with Crippen LogP contribution in [0.25, 0.3) is 0 Å². The number of carbonyl (C=O) groups excluding carboxylic acids is 1. The van der Waals surface area contributed by atoms with E-state index in [-0.39, 0.29) is 5.91 Å². The second-order valence-electron chi connectivity index (χ2n) is 5.32. The number of hydrogen-bond donors (Lipinski definition) is 1. The van der Waals surface area contributed by atoms with E-state index in [2.05, 4.69) is 0 Å². The van der Waals surface area contributed by atoms with Crippen molar-refractivity contribution < 1.29 is 4.79 Å². The van der Waals surface area contributed by atoms with Gasteiger partial charge in [0.15, 0.2) is 0 Å². The van der Waals surface area contributed by atoms with Gasteiger partial charge in [0.2, 0.25) is 5.91 Å². The molecule has 2 fully saturated rings. The Labute approximate surface area is 86.2 Å². The van der Waals surface area contributed by atoms with E-state index < -0.39 is 0 Å². The zero-order chi connectivity index (χ0) is 10.0. The number of hydrogen-bond acceptors (Lipinski definition) is 1. The molecule has 2 nitrogen and oxygen atoms in total. The van der Waals surface area contributed by atoms with Crippen LogP contribution in [-0.2, 0) is 4.79 Å². The lowest BCUT2D eigenvalue weighted by Crippen LogP contribution is -2.27. The Balaban J connectivity index is 1.82. The molecular formula is C12H21NO. The molecule has 2 rings (SSSR count). The second-order valence-corrected chi connectivity index (χ2v) is 5.32. The minimum Gasteiger partial charge on any atom is -0.370 e. The summed E-state index contributed by atoms with van der Waals surface area (Å²) < 4.78 is 0. The lowest BCUT2D eigenvalue weighted by atomic mass is 9.69. The van der Waals surface area contributed by atoms with Gasteiger partial charge in [0.05, 0.1) is 0 Å². The van der Waals surface area contributed by atoms with Gasteiger partial charge in [0.25, 0.3) is 0 Å². The third-order valence-electron chi connectivity index (χ3n) is 4.32. The van der Waals surface area contributed by atoms with Crippen LogP contribution in [0.3, 0.4) is 0 Å². The van der Waals surface area contributed by atoms with Crippen molar-refractivity contribution in [3.63, 3.8) is 0 Å². The highest BCUT2D eigenvalue weighted by Gasteiger charge is 2.37. The normalized spacial score (nSPS) is 26.9. The van der Waals surface area contributed by atoms with Gasteiger partial charge in [0, 0.05) is 6.42 Å². The fourth-order valence-corrected chi connectivity index (χ4v) is 3.40. The summed E-state index contributed by atoms with van der Waals surface area (Å²) in [6.45, 7) is 0. The van der Waals surface area contributed by atoms with Gasteiger partial charge >= 0.3 is 0 Å². The first-order valence-electron chi connectivity index (χ1n) is 5.99. The molecule has 2 aliphatic carbocycles. The molecule has 1 spiro atoms. The van der Waals surface area contributed by atoms with Crippen LogP contribution in [-0.4, -0.2) is 5.91 Å². The minimum atomic E-state index is -0.114. The summed E-state index contributed by atoms with van der Waals surface area (Å²) in [5.74, 6) is 0.482. The molecule has 0 aromatic carbocycles. The van der Waals surface area contributed by atoms with Gasteiger partial charge in [-0.2, -0.15) is 0 Å². The predicted molar refractivity (Wildman–Crippen MR) is 56.7 cm³/mol. The van der Waals surface area contributed by atoms with Crippen LogP contribution in [0.4, 0.5) is 0 Å². The number of primary amides is 1. The molecule has 2 heteroatoms. The van der Waals surface area contributed by atoms with Crippen LogP contribution in [0.15, 0.2) is 0 Å². The van der Waals surface area contributed by atoms with Crippen LogP contribution in [0.2, 0.25) is 0 Å². The van der Waals surface area contributed by atoms with Gasteiger partial charge in [-0.25, -0.2) is 0 Å². The second kappa shape index (κ2) is 3.92. The summed E-state index contributed by atoms with van der Waals surface area (Å²) in [7, 11) is 0. The van der Waals surface area contributed by atoms with E-state index in [4.69, 9.17) is 5.73 Å². The Morgan fingerprint density at radius 1 is 1.14 bits per heavy atom. The van der Waals surface area contributed by atoms with Crippen molar-refractivity contribution in [1.82, 2.24) is 0 Å². The fourth-order valence-electron chi connectivity index (χ4n) is 3.40. The van der Waals surface area contributed by atoms with Crippen LogP contribution in [0.1, 0.15) is 57.8 Å². The molecule has 0 unspecified atom stereocenters. The molecule has 0 radical (unpaired) electrons. The van der Waals surface area contributed by atoms with E-state index in [0.29, 0.717) is 17.8 Å². The third-order valence-corrected chi connectivity index (χ3v) is 4.32. The number of rotatable bonds is 2. The molecule has 2 aliphatic rings. The molecule has 0 atom stereocenters. The highest BCUT2D eigenvalue weighted by Crippen LogP contribution is 2.50. The summed E-state index contributed by atoms with van der Waals surface area (Å²) >= 11 is 0. The van der Waals surface area contributed by atoms with E-state index in [9.17, 15) is 4.79 Å². The van der Waals surface area contributed by atoms with Gasteiger partial charge < -0.3 is 5.73 Å². The molecule has 0 bridgehead atoms. The molecule has 0 aromatic rings. The molecule has 14 heavy (non-hydrogen) atoms. The van der Waals surface area contributed by atoms with E-state index in [1.54, 1.807) is 0 Å².